The number of aryl methyl sites for hydroxylation is 1. The van der Waals surface area contributed by atoms with E-state index in [4.69, 9.17) is 14.2 Å². The quantitative estimate of drug-likeness (QED) is 0.388. The summed E-state index contributed by atoms with van der Waals surface area (Å²) in [7, 11) is 1.75. The number of allylic oxidation sites excluding steroid dienone is 1. The number of fused-ring (bicyclic) bond motifs is 1. The summed E-state index contributed by atoms with van der Waals surface area (Å²) in [5, 5.41) is 0. The molecule has 0 saturated carbocycles. The van der Waals surface area contributed by atoms with Crippen molar-refractivity contribution in [2.45, 2.75) is 46.6 Å². The lowest BCUT2D eigenvalue weighted by Gasteiger charge is -2.37. The minimum Gasteiger partial charge on any atom is -0.496 e. The molecule has 218 valence electrons. The lowest BCUT2D eigenvalue weighted by Crippen LogP contribution is -2.49. The monoisotopic (exact) mass is 547 g/mol. The topological polar surface area (TPSA) is 37.4 Å². The SMILES string of the molecule is COc1cc(CC(C)C)ccc1COc1ccc2c(c1)CCC(CN1CCN(CCN3CCOCC3)CC1)=C2C. The maximum atomic E-state index is 6.26. The number of hydrogen-bond acceptors (Lipinski definition) is 6. The molecule has 1 aliphatic carbocycles. The Kier molecular flexibility index (Phi) is 10.2. The van der Waals surface area contributed by atoms with Crippen molar-refractivity contribution in [2.24, 2.45) is 5.92 Å². The molecule has 3 aliphatic rings. The summed E-state index contributed by atoms with van der Waals surface area (Å²) < 4.78 is 17.4. The zero-order chi connectivity index (χ0) is 27.9. The smallest absolute Gasteiger partial charge is 0.125 e. The molecular weight excluding hydrogens is 498 g/mol. The summed E-state index contributed by atoms with van der Waals surface area (Å²) in [5.74, 6) is 2.48. The molecule has 0 unspecified atom stereocenters. The fourth-order valence-electron chi connectivity index (χ4n) is 6.31. The highest BCUT2D eigenvalue weighted by atomic mass is 16.5. The van der Waals surface area contributed by atoms with Crippen LogP contribution in [0.5, 0.6) is 11.5 Å². The Morgan fingerprint density at radius 1 is 0.850 bits per heavy atom. The molecule has 0 spiro atoms. The summed E-state index contributed by atoms with van der Waals surface area (Å²) in [6.07, 6.45) is 3.29. The third-order valence-electron chi connectivity index (χ3n) is 8.81. The first kappa shape index (κ1) is 29.1. The van der Waals surface area contributed by atoms with Gasteiger partial charge < -0.3 is 14.2 Å². The maximum Gasteiger partial charge on any atom is 0.125 e. The molecule has 2 aliphatic heterocycles. The van der Waals surface area contributed by atoms with Crippen LogP contribution in [0.25, 0.3) is 5.57 Å². The minimum absolute atomic E-state index is 0.516. The van der Waals surface area contributed by atoms with Gasteiger partial charge in [-0.25, -0.2) is 0 Å². The number of ether oxygens (including phenoxy) is 3. The summed E-state index contributed by atoms with van der Waals surface area (Å²) in [6.45, 7) is 19.4. The lowest BCUT2D eigenvalue weighted by atomic mass is 9.86. The number of methoxy groups -OCH3 is 1. The van der Waals surface area contributed by atoms with Gasteiger partial charge in [0.15, 0.2) is 0 Å². The first-order valence-electron chi connectivity index (χ1n) is 15.3. The van der Waals surface area contributed by atoms with Crippen molar-refractivity contribution in [1.82, 2.24) is 14.7 Å². The van der Waals surface area contributed by atoms with Gasteiger partial charge >= 0.3 is 0 Å². The van der Waals surface area contributed by atoms with Crippen LogP contribution in [0.2, 0.25) is 0 Å². The Balaban J connectivity index is 1.13. The Morgan fingerprint density at radius 3 is 2.30 bits per heavy atom. The van der Waals surface area contributed by atoms with Gasteiger partial charge in [0.25, 0.3) is 0 Å². The highest BCUT2D eigenvalue weighted by Gasteiger charge is 2.22. The van der Waals surface area contributed by atoms with E-state index in [1.165, 1.54) is 61.5 Å². The van der Waals surface area contributed by atoms with Crippen LogP contribution in [0.15, 0.2) is 42.0 Å². The van der Waals surface area contributed by atoms with Gasteiger partial charge in [0.2, 0.25) is 0 Å². The fraction of sp³-hybridized carbons (Fsp3) is 0.588. The number of morpholine rings is 1. The maximum absolute atomic E-state index is 6.26. The van der Waals surface area contributed by atoms with E-state index in [1.54, 1.807) is 12.7 Å². The van der Waals surface area contributed by atoms with Gasteiger partial charge in [-0.3, -0.25) is 14.7 Å². The lowest BCUT2D eigenvalue weighted by molar-refractivity contribution is 0.0302. The van der Waals surface area contributed by atoms with Crippen molar-refractivity contribution >= 4 is 5.57 Å². The predicted octanol–water partition coefficient (Wildman–Crippen LogP) is 5.14. The molecule has 0 atom stereocenters. The van der Waals surface area contributed by atoms with E-state index in [9.17, 15) is 0 Å². The number of benzene rings is 2. The normalized spacial score (nSPS) is 19.2. The van der Waals surface area contributed by atoms with Crippen molar-refractivity contribution in [3.8, 4) is 11.5 Å². The predicted molar refractivity (Wildman–Crippen MR) is 163 cm³/mol. The van der Waals surface area contributed by atoms with Crippen LogP contribution in [-0.2, 0) is 24.2 Å². The molecular formula is C34H49N3O3. The molecule has 2 aromatic carbocycles. The van der Waals surface area contributed by atoms with E-state index in [0.29, 0.717) is 12.5 Å². The van der Waals surface area contributed by atoms with E-state index in [2.05, 4.69) is 71.9 Å². The Morgan fingerprint density at radius 2 is 1.57 bits per heavy atom. The van der Waals surface area contributed by atoms with Gasteiger partial charge in [0.1, 0.15) is 18.1 Å². The first-order valence-corrected chi connectivity index (χ1v) is 15.3. The van der Waals surface area contributed by atoms with Crippen LogP contribution in [-0.4, -0.2) is 93.9 Å². The molecule has 5 rings (SSSR count). The second-order valence-electron chi connectivity index (χ2n) is 12.2. The highest BCUT2D eigenvalue weighted by Crippen LogP contribution is 2.34. The summed E-state index contributed by atoms with van der Waals surface area (Å²) in [6, 6.07) is 13.2. The molecule has 0 amide bonds. The standard InChI is InChI=1S/C34H49N3O3/c1-26(2)21-28-5-6-31(34(22-28)38-4)25-40-32-9-10-33-27(3)30(8-7-29(33)23-32)24-37-15-13-35(14-16-37)11-12-36-17-19-39-20-18-36/h5-6,9-10,22-23,26H,7-8,11-21,24-25H2,1-4H3. The molecule has 2 aromatic rings. The summed E-state index contributed by atoms with van der Waals surface area (Å²) in [5.41, 5.74) is 8.28. The van der Waals surface area contributed by atoms with Crippen molar-refractivity contribution < 1.29 is 14.2 Å². The molecule has 0 N–H and O–H groups in total. The molecule has 0 aromatic heterocycles. The van der Waals surface area contributed by atoms with Crippen molar-refractivity contribution in [3.05, 3.63) is 64.2 Å². The van der Waals surface area contributed by atoms with Gasteiger partial charge in [-0.15, -0.1) is 0 Å². The minimum atomic E-state index is 0.516. The van der Waals surface area contributed by atoms with Crippen LogP contribution in [0.4, 0.5) is 0 Å². The van der Waals surface area contributed by atoms with Crippen molar-refractivity contribution in [2.75, 3.05) is 79.2 Å². The van der Waals surface area contributed by atoms with E-state index in [1.807, 2.05) is 0 Å². The van der Waals surface area contributed by atoms with E-state index < -0.39 is 0 Å². The number of rotatable bonds is 11. The van der Waals surface area contributed by atoms with Crippen molar-refractivity contribution in [1.29, 1.82) is 0 Å². The number of nitrogens with zero attached hydrogens (tertiary/aromatic N) is 3. The Hall–Kier alpha value is -2.38. The molecule has 2 saturated heterocycles. The van der Waals surface area contributed by atoms with Crippen LogP contribution >= 0.6 is 0 Å². The molecule has 6 nitrogen and oxygen atoms in total. The van der Waals surface area contributed by atoms with E-state index in [-0.39, 0.29) is 0 Å². The van der Waals surface area contributed by atoms with Gasteiger partial charge in [-0.2, -0.15) is 0 Å². The molecule has 6 heteroatoms. The third kappa shape index (κ3) is 7.67. The molecule has 40 heavy (non-hydrogen) atoms. The zero-order valence-corrected chi connectivity index (χ0v) is 25.2. The fourth-order valence-corrected chi connectivity index (χ4v) is 6.31. The highest BCUT2D eigenvalue weighted by molar-refractivity contribution is 5.72. The van der Waals surface area contributed by atoms with Gasteiger partial charge in [0, 0.05) is 64.5 Å². The Bertz CT molecular complexity index is 1150. The first-order chi connectivity index (χ1) is 19.5. The van der Waals surface area contributed by atoms with Crippen LogP contribution in [0, 0.1) is 5.92 Å². The molecule has 2 fully saturated rings. The molecule has 0 radical (unpaired) electrons. The van der Waals surface area contributed by atoms with E-state index >= 15 is 0 Å². The van der Waals surface area contributed by atoms with Crippen LogP contribution in [0.3, 0.4) is 0 Å². The average Bonchev–Trinajstić information content (AvgIpc) is 2.97. The third-order valence-corrected chi connectivity index (χ3v) is 8.81. The molecule has 0 bridgehead atoms. The number of hydrogen-bond donors (Lipinski definition) is 0. The Labute approximate surface area is 241 Å². The second-order valence-corrected chi connectivity index (χ2v) is 12.2. The largest absolute Gasteiger partial charge is 0.496 e. The summed E-state index contributed by atoms with van der Waals surface area (Å²) in [4.78, 5) is 7.84. The van der Waals surface area contributed by atoms with Crippen LogP contribution < -0.4 is 9.47 Å². The second kappa shape index (κ2) is 14.0. The van der Waals surface area contributed by atoms with Crippen LogP contribution in [0.1, 0.15) is 49.4 Å². The summed E-state index contributed by atoms with van der Waals surface area (Å²) >= 11 is 0. The van der Waals surface area contributed by atoms with Crippen molar-refractivity contribution in [3.63, 3.8) is 0 Å². The zero-order valence-electron chi connectivity index (χ0n) is 25.2. The number of piperazine rings is 1. The van der Waals surface area contributed by atoms with Gasteiger partial charge in [-0.1, -0.05) is 37.6 Å². The average molecular weight is 548 g/mol. The van der Waals surface area contributed by atoms with Gasteiger partial charge in [-0.05, 0) is 72.6 Å². The van der Waals surface area contributed by atoms with E-state index in [0.717, 1.165) is 69.2 Å². The molecule has 2 heterocycles. The van der Waals surface area contributed by atoms with Gasteiger partial charge in [0.05, 0.1) is 20.3 Å².